The fourth-order valence-electron chi connectivity index (χ4n) is 3.14. The molecule has 0 saturated carbocycles. The van der Waals surface area contributed by atoms with Gasteiger partial charge in [0.25, 0.3) is 5.91 Å². The Morgan fingerprint density at radius 1 is 1.03 bits per heavy atom. The van der Waals surface area contributed by atoms with Gasteiger partial charge in [-0.2, -0.15) is 9.49 Å². The van der Waals surface area contributed by atoms with Gasteiger partial charge in [0.15, 0.2) is 5.75 Å². The van der Waals surface area contributed by atoms with Gasteiger partial charge in [0.2, 0.25) is 5.95 Å². The normalized spacial score (nSPS) is 10.5. The lowest BCUT2D eigenvalue weighted by atomic mass is 10.2. The molecule has 3 N–H and O–H groups in total. The van der Waals surface area contributed by atoms with Gasteiger partial charge in [-0.3, -0.25) is 9.63 Å². The molecule has 4 aromatic rings. The molecule has 0 spiro atoms. The van der Waals surface area contributed by atoms with E-state index in [1.54, 1.807) is 48.5 Å². The lowest BCUT2D eigenvalue weighted by Crippen LogP contribution is -2.23. The zero-order valence-corrected chi connectivity index (χ0v) is 17.7. The van der Waals surface area contributed by atoms with Gasteiger partial charge in [-0.15, -0.1) is 0 Å². The summed E-state index contributed by atoms with van der Waals surface area (Å²) >= 11 is 0. The zero-order chi connectivity index (χ0) is 23.2. The maximum Gasteiger partial charge on any atom is 0.278 e. The number of rotatable bonds is 8. The number of amides is 1. The van der Waals surface area contributed by atoms with E-state index in [0.29, 0.717) is 28.6 Å². The highest BCUT2D eigenvalue weighted by atomic mass is 19.1. The minimum absolute atomic E-state index is 0.209. The largest absolute Gasteiger partial charge is 0.492 e. The van der Waals surface area contributed by atoms with Gasteiger partial charge in [-0.1, -0.05) is 12.1 Å². The van der Waals surface area contributed by atoms with Crippen molar-refractivity contribution in [3.63, 3.8) is 0 Å². The Hall–Kier alpha value is -4.51. The fraction of sp³-hybridized carbons (Fsp3) is 0.0909. The van der Waals surface area contributed by atoms with E-state index >= 15 is 0 Å². The molecule has 0 radical (unpaired) electrons. The molecule has 168 valence electrons. The highest BCUT2D eigenvalue weighted by Crippen LogP contribution is 2.35. The highest BCUT2D eigenvalue weighted by Gasteiger charge is 2.17. The maximum absolute atomic E-state index is 13.5. The second kappa shape index (κ2) is 9.75. The van der Waals surface area contributed by atoms with E-state index in [0.717, 1.165) is 0 Å². The number of methoxy groups -OCH3 is 1. The summed E-state index contributed by atoms with van der Waals surface area (Å²) in [4.78, 5) is 25.3. The van der Waals surface area contributed by atoms with Crippen LogP contribution in [-0.4, -0.2) is 39.9 Å². The van der Waals surface area contributed by atoms with Crippen molar-refractivity contribution in [1.29, 1.82) is 0 Å². The number of ether oxygens (including phenoxy) is 1. The molecule has 0 bridgehead atoms. The molecule has 0 aliphatic carbocycles. The van der Waals surface area contributed by atoms with Crippen LogP contribution in [0.5, 0.6) is 5.75 Å². The van der Waals surface area contributed by atoms with Crippen LogP contribution in [-0.2, 0) is 4.84 Å². The van der Waals surface area contributed by atoms with Crippen molar-refractivity contribution in [2.45, 2.75) is 0 Å². The standard InChI is InChI=1S/C22H20FN7O3/c1-32-21-15(6-3-7-17(21)30-11-5-10-25-30)26-16-12-20(24-13-14(16)22(31)29-33-2)28-19-9-4-8-18(23)27-19/h3-13H,1-2H3,(H,29,31)(H2,24,26,27,28). The van der Waals surface area contributed by atoms with Crippen molar-refractivity contribution in [2.75, 3.05) is 24.9 Å². The average molecular weight is 449 g/mol. The number of carbonyl (C=O) groups is 1. The second-order valence-electron chi connectivity index (χ2n) is 6.65. The average Bonchev–Trinajstić information content (AvgIpc) is 3.34. The third-order valence-corrected chi connectivity index (χ3v) is 4.53. The van der Waals surface area contributed by atoms with Crippen molar-refractivity contribution in [3.8, 4) is 11.4 Å². The van der Waals surface area contributed by atoms with Gasteiger partial charge in [-0.25, -0.2) is 20.1 Å². The van der Waals surface area contributed by atoms with Crippen LogP contribution in [0.1, 0.15) is 10.4 Å². The van der Waals surface area contributed by atoms with E-state index < -0.39 is 11.9 Å². The van der Waals surface area contributed by atoms with Crippen molar-refractivity contribution < 1.29 is 18.8 Å². The number of carbonyl (C=O) groups excluding carboxylic acids is 1. The number of nitrogens with zero attached hydrogens (tertiary/aromatic N) is 4. The van der Waals surface area contributed by atoms with E-state index in [4.69, 9.17) is 9.57 Å². The Kier molecular flexibility index (Phi) is 6.41. The summed E-state index contributed by atoms with van der Waals surface area (Å²) in [6.07, 6.45) is 4.82. The second-order valence-corrected chi connectivity index (χ2v) is 6.65. The number of pyridine rings is 2. The highest BCUT2D eigenvalue weighted by molar-refractivity contribution is 6.00. The molecular weight excluding hydrogens is 429 g/mol. The number of aromatic nitrogens is 4. The van der Waals surface area contributed by atoms with Gasteiger partial charge >= 0.3 is 0 Å². The third-order valence-electron chi connectivity index (χ3n) is 4.53. The summed E-state index contributed by atoms with van der Waals surface area (Å²) in [6, 6.07) is 13.2. The molecule has 1 aromatic carbocycles. The molecule has 11 heteroatoms. The van der Waals surface area contributed by atoms with E-state index in [-0.39, 0.29) is 11.4 Å². The van der Waals surface area contributed by atoms with Crippen molar-refractivity contribution in [3.05, 3.63) is 78.6 Å². The van der Waals surface area contributed by atoms with Crippen LogP contribution in [0.2, 0.25) is 0 Å². The minimum atomic E-state index is -0.630. The zero-order valence-electron chi connectivity index (χ0n) is 17.7. The van der Waals surface area contributed by atoms with Gasteiger partial charge in [0.05, 0.1) is 31.2 Å². The van der Waals surface area contributed by atoms with Gasteiger partial charge < -0.3 is 15.4 Å². The number of benzene rings is 1. The van der Waals surface area contributed by atoms with Crippen LogP contribution in [0.4, 0.5) is 27.4 Å². The molecule has 4 rings (SSSR count). The van der Waals surface area contributed by atoms with Crippen LogP contribution >= 0.6 is 0 Å². The molecule has 0 unspecified atom stereocenters. The molecular formula is C22H20FN7O3. The first-order chi connectivity index (χ1) is 16.1. The topological polar surface area (TPSA) is 115 Å². The van der Waals surface area contributed by atoms with Crippen LogP contribution in [0.3, 0.4) is 0 Å². The van der Waals surface area contributed by atoms with Crippen molar-refractivity contribution >= 4 is 28.9 Å². The maximum atomic E-state index is 13.5. The molecule has 10 nitrogen and oxygen atoms in total. The molecule has 0 saturated heterocycles. The summed E-state index contributed by atoms with van der Waals surface area (Å²) in [5.41, 5.74) is 4.17. The molecule has 0 fully saturated rings. The van der Waals surface area contributed by atoms with E-state index in [2.05, 4.69) is 31.2 Å². The van der Waals surface area contributed by atoms with Gasteiger partial charge in [0, 0.05) is 24.7 Å². The van der Waals surface area contributed by atoms with E-state index in [1.807, 2.05) is 12.1 Å². The summed E-state index contributed by atoms with van der Waals surface area (Å²) in [7, 11) is 2.88. The van der Waals surface area contributed by atoms with Crippen LogP contribution in [0, 0.1) is 5.95 Å². The quantitative estimate of drug-likeness (QED) is 0.276. The molecule has 1 amide bonds. The molecule has 0 aliphatic rings. The van der Waals surface area contributed by atoms with E-state index in [1.165, 1.54) is 25.4 Å². The smallest absolute Gasteiger partial charge is 0.278 e. The van der Waals surface area contributed by atoms with Crippen LogP contribution in [0.25, 0.3) is 5.69 Å². The lowest BCUT2D eigenvalue weighted by molar-refractivity contribution is 0.0538. The van der Waals surface area contributed by atoms with E-state index in [9.17, 15) is 9.18 Å². The SMILES string of the molecule is CONC(=O)c1cnc(Nc2cccc(F)n2)cc1Nc1cccc(-n2cccn2)c1OC. The Morgan fingerprint density at radius 3 is 2.61 bits per heavy atom. The van der Waals surface area contributed by atoms with Gasteiger partial charge in [0.1, 0.15) is 17.3 Å². The van der Waals surface area contributed by atoms with Crippen molar-refractivity contribution in [2.24, 2.45) is 0 Å². The predicted octanol–water partition coefficient (Wildman–Crippen LogP) is 3.59. The number of para-hydroxylation sites is 1. The first-order valence-corrected chi connectivity index (χ1v) is 9.76. The molecule has 0 atom stereocenters. The summed E-state index contributed by atoms with van der Waals surface area (Å²) in [5.74, 6) is -0.0234. The molecule has 0 aliphatic heterocycles. The number of hydroxylamine groups is 1. The lowest BCUT2D eigenvalue weighted by Gasteiger charge is -2.17. The Balaban J connectivity index is 1.73. The predicted molar refractivity (Wildman–Crippen MR) is 120 cm³/mol. The Labute approximate surface area is 188 Å². The molecule has 3 heterocycles. The summed E-state index contributed by atoms with van der Waals surface area (Å²) in [6.45, 7) is 0. The minimum Gasteiger partial charge on any atom is -0.492 e. The summed E-state index contributed by atoms with van der Waals surface area (Å²) in [5, 5.41) is 10.4. The van der Waals surface area contributed by atoms with Crippen LogP contribution in [0.15, 0.2) is 67.1 Å². The van der Waals surface area contributed by atoms with Gasteiger partial charge in [-0.05, 0) is 30.3 Å². The summed E-state index contributed by atoms with van der Waals surface area (Å²) < 4.78 is 20.7. The third kappa shape index (κ3) is 4.88. The number of hydrogen-bond acceptors (Lipinski definition) is 8. The number of anilines is 4. The first-order valence-electron chi connectivity index (χ1n) is 9.76. The number of halogens is 1. The Morgan fingerprint density at radius 2 is 1.88 bits per heavy atom. The number of hydrogen-bond donors (Lipinski definition) is 3. The molecule has 33 heavy (non-hydrogen) atoms. The number of nitrogens with one attached hydrogen (secondary N) is 3. The van der Waals surface area contributed by atoms with Crippen molar-refractivity contribution in [1.82, 2.24) is 25.2 Å². The monoisotopic (exact) mass is 449 g/mol. The molecule has 3 aromatic heterocycles. The van der Waals surface area contributed by atoms with Crippen LogP contribution < -0.4 is 20.9 Å². The Bertz CT molecular complexity index is 1260. The first kappa shape index (κ1) is 21.7. The fourth-order valence-corrected chi connectivity index (χ4v) is 3.14.